The number of ether oxygens (including phenoxy) is 1. The van der Waals surface area contributed by atoms with Gasteiger partial charge in [0.05, 0.1) is 38.0 Å². The fraction of sp³-hybridized carbons (Fsp3) is 0.450. The topological polar surface area (TPSA) is 70.6 Å². The summed E-state index contributed by atoms with van der Waals surface area (Å²) >= 11 is 9.43. The lowest BCUT2D eigenvalue weighted by molar-refractivity contribution is 0.0429. The van der Waals surface area contributed by atoms with Gasteiger partial charge in [-0.05, 0) is 40.0 Å². The number of alkyl halides is 2. The number of carbonyl (C=O) groups is 1. The number of amides is 2. The Labute approximate surface area is 191 Å². The molecule has 31 heavy (non-hydrogen) atoms. The molecule has 2 amide bonds. The highest BCUT2D eigenvalue weighted by Gasteiger charge is 2.32. The van der Waals surface area contributed by atoms with E-state index in [-0.39, 0.29) is 22.9 Å². The van der Waals surface area contributed by atoms with Crippen LogP contribution in [0.3, 0.4) is 0 Å². The van der Waals surface area contributed by atoms with E-state index in [1.807, 2.05) is 6.92 Å². The summed E-state index contributed by atoms with van der Waals surface area (Å²) in [5.41, 5.74) is 2.05. The minimum Gasteiger partial charge on any atom is -0.378 e. The molecule has 2 aliphatic rings. The Hall–Kier alpha value is -2.04. The second-order valence-electron chi connectivity index (χ2n) is 7.42. The van der Waals surface area contributed by atoms with Crippen molar-refractivity contribution in [1.29, 1.82) is 0 Å². The molecule has 166 valence electrons. The minimum absolute atomic E-state index is 0.0644. The number of urea groups is 1. The van der Waals surface area contributed by atoms with Gasteiger partial charge < -0.3 is 19.9 Å². The number of rotatable bonds is 4. The van der Waals surface area contributed by atoms with Gasteiger partial charge in [0.2, 0.25) is 5.28 Å². The van der Waals surface area contributed by atoms with Gasteiger partial charge in [0, 0.05) is 28.7 Å². The number of nitrogens with one attached hydrogen (secondary N) is 1. The number of hydrogen-bond donors (Lipinski definition) is 1. The zero-order valence-corrected chi connectivity index (χ0v) is 19.1. The van der Waals surface area contributed by atoms with Crippen LogP contribution in [0, 0.1) is 0 Å². The summed E-state index contributed by atoms with van der Waals surface area (Å²) in [6, 6.07) is 4.33. The van der Waals surface area contributed by atoms with Crippen LogP contribution in [0.4, 0.5) is 19.4 Å². The Morgan fingerprint density at radius 2 is 1.90 bits per heavy atom. The lowest BCUT2D eigenvalue weighted by atomic mass is 10.0. The number of nitrogens with zero attached hydrogens (tertiary/aromatic N) is 4. The average Bonchev–Trinajstić information content (AvgIpc) is 3.17. The molecular weight excluding hydrogens is 496 g/mol. The highest BCUT2D eigenvalue weighted by Crippen LogP contribution is 2.36. The number of benzene rings is 1. The molecule has 1 atom stereocenters. The van der Waals surface area contributed by atoms with Crippen LogP contribution < -0.4 is 5.32 Å². The van der Waals surface area contributed by atoms with Crippen LogP contribution in [0.25, 0.3) is 0 Å². The monoisotopic (exact) mass is 515 g/mol. The van der Waals surface area contributed by atoms with Crippen LogP contribution in [0.5, 0.6) is 0 Å². The van der Waals surface area contributed by atoms with Crippen LogP contribution in [0.1, 0.15) is 41.8 Å². The number of hydrogen-bond acceptors (Lipinski definition) is 5. The predicted molar refractivity (Wildman–Crippen MR) is 115 cm³/mol. The van der Waals surface area contributed by atoms with E-state index in [4.69, 9.17) is 16.3 Å². The number of morpholine rings is 1. The van der Waals surface area contributed by atoms with Gasteiger partial charge in [-0.15, -0.1) is 0 Å². The third-order valence-corrected chi connectivity index (χ3v) is 6.51. The molecule has 4 rings (SSSR count). The zero-order valence-electron chi connectivity index (χ0n) is 16.7. The molecule has 1 fully saturated rings. The summed E-state index contributed by atoms with van der Waals surface area (Å²) in [6.45, 7) is 4.67. The summed E-state index contributed by atoms with van der Waals surface area (Å²) < 4.78 is 32.2. The van der Waals surface area contributed by atoms with Crippen molar-refractivity contribution in [3.63, 3.8) is 0 Å². The van der Waals surface area contributed by atoms with Gasteiger partial charge in [0.15, 0.2) is 0 Å². The van der Waals surface area contributed by atoms with Crippen LogP contribution >= 0.6 is 27.5 Å². The molecule has 2 aromatic rings. The highest BCUT2D eigenvalue weighted by molar-refractivity contribution is 9.10. The fourth-order valence-electron chi connectivity index (χ4n) is 3.79. The molecule has 1 aromatic heterocycles. The molecule has 0 bridgehead atoms. The summed E-state index contributed by atoms with van der Waals surface area (Å²) in [5, 5.41) is 3.33. The lowest BCUT2D eigenvalue weighted by Gasteiger charge is -2.30. The smallest absolute Gasteiger partial charge is 0.320 e. The van der Waals surface area contributed by atoms with Gasteiger partial charge in [0.25, 0.3) is 6.43 Å². The molecule has 3 heterocycles. The Balaban J connectivity index is 1.56. The number of carbonyl (C=O) groups excluding carboxylic acids is 1. The normalized spacial score (nSPS) is 17.1. The van der Waals surface area contributed by atoms with Gasteiger partial charge in [-0.2, -0.15) is 0 Å². The van der Waals surface area contributed by atoms with E-state index in [1.165, 1.54) is 6.07 Å². The zero-order chi connectivity index (χ0) is 22.1. The Bertz CT molecular complexity index is 990. The van der Waals surface area contributed by atoms with Gasteiger partial charge in [-0.25, -0.2) is 23.5 Å². The molecule has 0 radical (unpaired) electrons. The maximum atomic E-state index is 13.3. The van der Waals surface area contributed by atoms with E-state index in [9.17, 15) is 13.6 Å². The highest BCUT2D eigenvalue weighted by atomic mass is 79.9. The lowest BCUT2D eigenvalue weighted by Crippen LogP contribution is -2.46. The summed E-state index contributed by atoms with van der Waals surface area (Å²) in [5.74, 6) is 0.495. The second-order valence-corrected chi connectivity index (χ2v) is 8.55. The van der Waals surface area contributed by atoms with E-state index in [0.717, 1.165) is 5.56 Å². The third kappa shape index (κ3) is 4.61. The van der Waals surface area contributed by atoms with Crippen molar-refractivity contribution in [3.8, 4) is 0 Å². The van der Waals surface area contributed by atoms with E-state index >= 15 is 0 Å². The number of halogens is 4. The minimum atomic E-state index is -2.58. The largest absolute Gasteiger partial charge is 0.378 e. The molecule has 2 aliphatic heterocycles. The first kappa shape index (κ1) is 22.2. The molecule has 0 saturated carbocycles. The number of fused-ring (bicyclic) bond motifs is 1. The van der Waals surface area contributed by atoms with Crippen LogP contribution in [-0.2, 0) is 17.8 Å². The molecule has 0 aliphatic carbocycles. The maximum Gasteiger partial charge on any atom is 0.320 e. The second kappa shape index (κ2) is 9.22. The summed E-state index contributed by atoms with van der Waals surface area (Å²) in [7, 11) is 0. The van der Waals surface area contributed by atoms with Crippen LogP contribution in [0.2, 0.25) is 5.28 Å². The van der Waals surface area contributed by atoms with Crippen molar-refractivity contribution in [2.45, 2.75) is 32.5 Å². The van der Waals surface area contributed by atoms with Crippen molar-refractivity contribution in [1.82, 2.24) is 19.8 Å². The maximum absolute atomic E-state index is 13.3. The summed E-state index contributed by atoms with van der Waals surface area (Å²) in [6.07, 6.45) is -2.58. The van der Waals surface area contributed by atoms with Crippen molar-refractivity contribution in [2.24, 2.45) is 0 Å². The first-order valence-corrected chi connectivity index (χ1v) is 11.0. The first-order valence-electron chi connectivity index (χ1n) is 9.85. The van der Waals surface area contributed by atoms with Gasteiger partial charge in [0.1, 0.15) is 5.82 Å². The van der Waals surface area contributed by atoms with Gasteiger partial charge >= 0.3 is 6.03 Å². The van der Waals surface area contributed by atoms with Gasteiger partial charge in [-0.3, -0.25) is 0 Å². The van der Waals surface area contributed by atoms with Crippen LogP contribution in [-0.4, -0.2) is 52.1 Å². The molecule has 1 aromatic carbocycles. The summed E-state index contributed by atoms with van der Waals surface area (Å²) in [4.78, 5) is 24.9. The van der Waals surface area contributed by atoms with Crippen molar-refractivity contribution >= 4 is 39.4 Å². The molecule has 0 unspecified atom stereocenters. The average molecular weight is 517 g/mol. The molecular formula is C20H21BrClF2N5O2. The molecule has 1 N–H and O–H groups in total. The SMILES string of the molecule is C[C@@H](Nc1nc(Cl)nc2c1CN(C(=O)N1CCOCC1)C2)c1cccc(C(F)F)c1Br. The number of anilines is 1. The predicted octanol–water partition coefficient (Wildman–Crippen LogP) is 4.77. The molecule has 0 spiro atoms. The molecule has 11 heteroatoms. The molecule has 1 saturated heterocycles. The quantitative estimate of drug-likeness (QED) is 0.593. The van der Waals surface area contributed by atoms with E-state index in [1.54, 1.807) is 21.9 Å². The Kier molecular flexibility index (Phi) is 6.59. The van der Waals surface area contributed by atoms with Crippen LogP contribution in [0.15, 0.2) is 22.7 Å². The third-order valence-electron chi connectivity index (χ3n) is 5.42. The number of aromatic nitrogens is 2. The fourth-order valence-corrected chi connectivity index (χ4v) is 4.76. The van der Waals surface area contributed by atoms with Crippen molar-refractivity contribution in [2.75, 3.05) is 31.6 Å². The van der Waals surface area contributed by atoms with E-state index < -0.39 is 6.43 Å². The van der Waals surface area contributed by atoms with Crippen molar-refractivity contribution < 1.29 is 18.3 Å². The standard InChI is InChI=1S/C20H21BrClF2N5O2/c1-11(12-3-2-4-13(16(12)21)17(23)24)25-18-14-9-29(10-15(14)26-19(22)27-18)20(30)28-5-7-31-8-6-28/h2-4,11,17H,5-10H2,1H3,(H,25,26,27)/t11-/m1/s1. The first-order chi connectivity index (χ1) is 14.8. The van der Waals surface area contributed by atoms with E-state index in [2.05, 4.69) is 31.2 Å². The Morgan fingerprint density at radius 1 is 1.19 bits per heavy atom. The Morgan fingerprint density at radius 3 is 2.61 bits per heavy atom. The van der Waals surface area contributed by atoms with E-state index in [0.29, 0.717) is 60.9 Å². The van der Waals surface area contributed by atoms with Gasteiger partial charge in [-0.1, -0.05) is 18.2 Å². The molecule has 7 nitrogen and oxygen atoms in total. The van der Waals surface area contributed by atoms with Crippen molar-refractivity contribution in [3.05, 3.63) is 50.3 Å².